The second-order valence-corrected chi connectivity index (χ2v) is 6.76. The summed E-state index contributed by atoms with van der Waals surface area (Å²) >= 11 is 5.29. The molecule has 0 aliphatic carbocycles. The SMILES string of the molecule is Cc1sc(C2CCCN2)nc1-c1ccc(Br)cc1. The van der Waals surface area contributed by atoms with Crippen LogP contribution in [0.2, 0.25) is 0 Å². The molecule has 0 spiro atoms. The van der Waals surface area contributed by atoms with Gasteiger partial charge in [0.25, 0.3) is 0 Å². The molecule has 0 radical (unpaired) electrons. The van der Waals surface area contributed by atoms with Crippen molar-refractivity contribution in [2.75, 3.05) is 6.54 Å². The summed E-state index contributed by atoms with van der Waals surface area (Å²) in [6.45, 7) is 3.28. The zero-order chi connectivity index (χ0) is 12.5. The van der Waals surface area contributed by atoms with Crippen molar-refractivity contribution in [3.8, 4) is 11.3 Å². The molecule has 0 amide bonds. The molecule has 1 N–H and O–H groups in total. The number of nitrogens with zero attached hydrogens (tertiary/aromatic N) is 1. The van der Waals surface area contributed by atoms with Gasteiger partial charge in [-0.1, -0.05) is 28.1 Å². The first kappa shape index (κ1) is 12.3. The van der Waals surface area contributed by atoms with Crippen LogP contribution >= 0.6 is 27.3 Å². The van der Waals surface area contributed by atoms with E-state index in [1.807, 2.05) is 11.3 Å². The summed E-state index contributed by atoms with van der Waals surface area (Å²) < 4.78 is 1.11. The summed E-state index contributed by atoms with van der Waals surface area (Å²) in [4.78, 5) is 6.14. The van der Waals surface area contributed by atoms with Crippen LogP contribution in [0, 0.1) is 6.92 Å². The van der Waals surface area contributed by atoms with E-state index in [1.165, 1.54) is 28.3 Å². The zero-order valence-electron chi connectivity index (χ0n) is 10.2. The lowest BCUT2D eigenvalue weighted by Gasteiger charge is -2.04. The summed E-state index contributed by atoms with van der Waals surface area (Å²) in [5.74, 6) is 0. The van der Waals surface area contributed by atoms with Crippen molar-refractivity contribution in [1.82, 2.24) is 10.3 Å². The van der Waals surface area contributed by atoms with Crippen molar-refractivity contribution < 1.29 is 0 Å². The average Bonchev–Trinajstić information content (AvgIpc) is 2.99. The van der Waals surface area contributed by atoms with Crippen LogP contribution in [-0.4, -0.2) is 11.5 Å². The Morgan fingerprint density at radius 3 is 2.78 bits per heavy atom. The van der Waals surface area contributed by atoms with Gasteiger partial charge in [-0.3, -0.25) is 0 Å². The van der Waals surface area contributed by atoms with E-state index >= 15 is 0 Å². The minimum Gasteiger partial charge on any atom is -0.308 e. The lowest BCUT2D eigenvalue weighted by molar-refractivity contribution is 0.643. The maximum absolute atomic E-state index is 4.83. The molecular formula is C14H15BrN2S. The molecule has 1 aliphatic rings. The molecule has 0 saturated carbocycles. The van der Waals surface area contributed by atoms with Gasteiger partial charge in [-0.05, 0) is 38.4 Å². The van der Waals surface area contributed by atoms with Crippen molar-refractivity contribution in [1.29, 1.82) is 0 Å². The highest BCUT2D eigenvalue weighted by Gasteiger charge is 2.21. The summed E-state index contributed by atoms with van der Waals surface area (Å²) in [5.41, 5.74) is 2.34. The van der Waals surface area contributed by atoms with E-state index in [-0.39, 0.29) is 0 Å². The molecule has 2 aromatic rings. The number of thiazole rings is 1. The quantitative estimate of drug-likeness (QED) is 0.891. The monoisotopic (exact) mass is 322 g/mol. The topological polar surface area (TPSA) is 24.9 Å². The molecule has 18 heavy (non-hydrogen) atoms. The third kappa shape index (κ3) is 2.37. The van der Waals surface area contributed by atoms with Crippen molar-refractivity contribution in [2.24, 2.45) is 0 Å². The Morgan fingerprint density at radius 1 is 1.33 bits per heavy atom. The van der Waals surface area contributed by atoms with Gasteiger partial charge in [0, 0.05) is 14.9 Å². The van der Waals surface area contributed by atoms with E-state index in [1.54, 1.807) is 0 Å². The highest BCUT2D eigenvalue weighted by Crippen LogP contribution is 2.33. The van der Waals surface area contributed by atoms with Gasteiger partial charge in [0.2, 0.25) is 0 Å². The molecule has 1 fully saturated rings. The number of benzene rings is 1. The van der Waals surface area contributed by atoms with E-state index in [4.69, 9.17) is 4.98 Å². The molecule has 2 heterocycles. The van der Waals surface area contributed by atoms with Crippen LogP contribution < -0.4 is 5.32 Å². The molecule has 3 rings (SSSR count). The molecule has 1 unspecified atom stereocenters. The number of hydrogen-bond acceptors (Lipinski definition) is 3. The normalized spacial score (nSPS) is 19.3. The van der Waals surface area contributed by atoms with Gasteiger partial charge >= 0.3 is 0 Å². The summed E-state index contributed by atoms with van der Waals surface area (Å²) in [7, 11) is 0. The highest BCUT2D eigenvalue weighted by molar-refractivity contribution is 9.10. The van der Waals surface area contributed by atoms with Gasteiger partial charge in [0.05, 0.1) is 11.7 Å². The first-order chi connectivity index (χ1) is 8.74. The Balaban J connectivity index is 1.94. The van der Waals surface area contributed by atoms with Gasteiger partial charge < -0.3 is 5.32 Å². The standard InChI is InChI=1S/C14H15BrN2S/c1-9-13(10-4-6-11(15)7-5-10)17-14(18-9)12-3-2-8-16-12/h4-7,12,16H,2-3,8H2,1H3. The van der Waals surface area contributed by atoms with Crippen molar-refractivity contribution in [3.63, 3.8) is 0 Å². The van der Waals surface area contributed by atoms with Gasteiger partial charge in [-0.15, -0.1) is 11.3 Å². The fourth-order valence-corrected chi connectivity index (χ4v) is 3.66. The first-order valence-corrected chi connectivity index (χ1v) is 7.81. The Morgan fingerprint density at radius 2 is 2.11 bits per heavy atom. The van der Waals surface area contributed by atoms with Crippen LogP contribution in [0.3, 0.4) is 0 Å². The second-order valence-electron chi connectivity index (χ2n) is 4.61. The van der Waals surface area contributed by atoms with E-state index in [0.29, 0.717) is 6.04 Å². The van der Waals surface area contributed by atoms with Gasteiger partial charge in [-0.2, -0.15) is 0 Å². The van der Waals surface area contributed by atoms with E-state index in [0.717, 1.165) is 16.7 Å². The largest absolute Gasteiger partial charge is 0.308 e. The van der Waals surface area contributed by atoms with Gasteiger partial charge in [0.1, 0.15) is 5.01 Å². The minimum atomic E-state index is 0.470. The van der Waals surface area contributed by atoms with Crippen LogP contribution in [0.25, 0.3) is 11.3 Å². The third-order valence-corrected chi connectivity index (χ3v) is 4.90. The Kier molecular flexibility index (Phi) is 3.50. The van der Waals surface area contributed by atoms with Gasteiger partial charge in [-0.25, -0.2) is 4.98 Å². The summed E-state index contributed by atoms with van der Waals surface area (Å²) in [6, 6.07) is 8.86. The van der Waals surface area contributed by atoms with E-state index in [9.17, 15) is 0 Å². The molecule has 0 bridgehead atoms. The average molecular weight is 323 g/mol. The third-order valence-electron chi connectivity index (χ3n) is 3.29. The predicted molar refractivity (Wildman–Crippen MR) is 80.0 cm³/mol. The molecule has 4 heteroatoms. The Hall–Kier alpha value is -0.710. The number of nitrogens with one attached hydrogen (secondary N) is 1. The highest BCUT2D eigenvalue weighted by atomic mass is 79.9. The molecule has 1 atom stereocenters. The van der Waals surface area contributed by atoms with Gasteiger partial charge in [0.15, 0.2) is 0 Å². The minimum absolute atomic E-state index is 0.470. The fraction of sp³-hybridized carbons (Fsp3) is 0.357. The zero-order valence-corrected chi connectivity index (χ0v) is 12.6. The van der Waals surface area contributed by atoms with Crippen LogP contribution in [0.4, 0.5) is 0 Å². The number of hydrogen-bond donors (Lipinski definition) is 1. The van der Waals surface area contributed by atoms with E-state index in [2.05, 4.69) is 52.4 Å². The van der Waals surface area contributed by atoms with Crippen LogP contribution in [0.1, 0.15) is 28.8 Å². The molecule has 1 aromatic carbocycles. The van der Waals surface area contributed by atoms with Crippen molar-refractivity contribution in [2.45, 2.75) is 25.8 Å². The smallest absolute Gasteiger partial charge is 0.111 e. The van der Waals surface area contributed by atoms with Crippen molar-refractivity contribution in [3.05, 3.63) is 38.6 Å². The molecule has 1 aromatic heterocycles. The number of aromatic nitrogens is 1. The van der Waals surface area contributed by atoms with Crippen molar-refractivity contribution >= 4 is 27.3 Å². The Labute approximate surface area is 120 Å². The summed E-state index contributed by atoms with van der Waals surface area (Å²) in [6.07, 6.45) is 2.48. The molecular weight excluding hydrogens is 308 g/mol. The van der Waals surface area contributed by atoms with Crippen LogP contribution in [0.5, 0.6) is 0 Å². The lowest BCUT2D eigenvalue weighted by atomic mass is 10.1. The summed E-state index contributed by atoms with van der Waals surface area (Å²) in [5, 5.41) is 4.75. The van der Waals surface area contributed by atoms with Crippen LogP contribution in [-0.2, 0) is 0 Å². The molecule has 94 valence electrons. The maximum Gasteiger partial charge on any atom is 0.111 e. The fourth-order valence-electron chi connectivity index (χ4n) is 2.34. The molecule has 1 aliphatic heterocycles. The van der Waals surface area contributed by atoms with E-state index < -0.39 is 0 Å². The number of rotatable bonds is 2. The Bertz CT molecular complexity index is 541. The second kappa shape index (κ2) is 5.11. The first-order valence-electron chi connectivity index (χ1n) is 6.20. The molecule has 1 saturated heterocycles. The predicted octanol–water partition coefficient (Wildman–Crippen LogP) is 4.31. The molecule has 2 nitrogen and oxygen atoms in total. The number of halogens is 1. The lowest BCUT2D eigenvalue weighted by Crippen LogP contribution is -2.12. The number of aryl methyl sites for hydroxylation is 1. The maximum atomic E-state index is 4.83. The van der Waals surface area contributed by atoms with Crippen LogP contribution in [0.15, 0.2) is 28.7 Å².